The van der Waals surface area contributed by atoms with Crippen LogP contribution in [0, 0.1) is 11.8 Å². The second kappa shape index (κ2) is 6.35. The van der Waals surface area contributed by atoms with Crippen LogP contribution in [-0.2, 0) is 6.54 Å². The van der Waals surface area contributed by atoms with Gasteiger partial charge in [-0.25, -0.2) is 4.98 Å². The highest BCUT2D eigenvalue weighted by atomic mass is 16.3. The summed E-state index contributed by atoms with van der Waals surface area (Å²) >= 11 is 0. The molecule has 1 amide bonds. The van der Waals surface area contributed by atoms with Gasteiger partial charge in [0, 0.05) is 19.1 Å². The quantitative estimate of drug-likeness (QED) is 0.683. The molecule has 2 aromatic rings. The number of hydrogen-bond acceptors (Lipinski definition) is 3. The molecule has 3 aliphatic rings. The van der Waals surface area contributed by atoms with Crippen molar-refractivity contribution in [1.29, 1.82) is 0 Å². The lowest BCUT2D eigenvalue weighted by Crippen LogP contribution is -2.38. The maximum atomic E-state index is 13.0. The number of likely N-dealkylation sites (tertiary alicyclic amines) is 1. The predicted molar refractivity (Wildman–Crippen MR) is 96.6 cm³/mol. The number of aliphatic hydroxyl groups is 1. The van der Waals surface area contributed by atoms with E-state index in [9.17, 15) is 9.90 Å². The number of nitrogens with one attached hydrogen (secondary N) is 2. The zero-order valence-corrected chi connectivity index (χ0v) is 15.0. The molecule has 3 N–H and O–H groups in total. The summed E-state index contributed by atoms with van der Waals surface area (Å²) in [5.74, 6) is 2.39. The molecule has 0 radical (unpaired) electrons. The summed E-state index contributed by atoms with van der Waals surface area (Å²) in [4.78, 5) is 18.6. The van der Waals surface area contributed by atoms with E-state index in [1.165, 1.54) is 25.7 Å². The second-order valence-corrected chi connectivity index (χ2v) is 8.25. The topological polar surface area (TPSA) is 72.5 Å². The van der Waals surface area contributed by atoms with E-state index in [1.807, 2.05) is 24.4 Å². The molecule has 3 heterocycles. The molecule has 6 nitrogen and oxygen atoms in total. The van der Waals surface area contributed by atoms with Crippen molar-refractivity contribution in [2.24, 2.45) is 11.8 Å². The molecular weight excluding hydrogens is 328 g/mol. The normalized spacial score (nSPS) is 23.8. The number of carbonyl (C=O) groups is 1. The fraction of sp³-hybridized carbons (Fsp3) is 0.600. The summed E-state index contributed by atoms with van der Waals surface area (Å²) in [5.41, 5.74) is 1.58. The number of aromatic amines is 1. The van der Waals surface area contributed by atoms with Gasteiger partial charge in [-0.3, -0.25) is 9.69 Å². The fourth-order valence-electron chi connectivity index (χ4n) is 4.36. The molecule has 2 aromatic heterocycles. The van der Waals surface area contributed by atoms with E-state index in [2.05, 4.69) is 19.6 Å². The smallest absolute Gasteiger partial charge is 0.295 e. The Hall–Kier alpha value is -1.92. The maximum absolute atomic E-state index is 13.0. The monoisotopic (exact) mass is 355 g/mol. The summed E-state index contributed by atoms with van der Waals surface area (Å²) in [6.07, 6.45) is 7.61. The lowest BCUT2D eigenvalue weighted by molar-refractivity contribution is -0.522. The average Bonchev–Trinajstić information content (AvgIpc) is 3.56. The molecule has 0 bridgehead atoms. The number of imidazole rings is 1. The molecule has 1 atom stereocenters. The molecule has 26 heavy (non-hydrogen) atoms. The first-order valence-corrected chi connectivity index (χ1v) is 9.91. The summed E-state index contributed by atoms with van der Waals surface area (Å²) < 4.78 is 2.07. The van der Waals surface area contributed by atoms with Crippen LogP contribution in [0.4, 0.5) is 0 Å². The Kier molecular flexibility index (Phi) is 3.98. The van der Waals surface area contributed by atoms with Crippen molar-refractivity contribution >= 4 is 11.4 Å². The SMILES string of the molecule is O=C(NC(C1CC1)C1CC1)c1[nH]c(CN2CCC(O)C2)[n+]2ccccc12. The third kappa shape index (κ3) is 3.12. The van der Waals surface area contributed by atoms with Gasteiger partial charge in [0.15, 0.2) is 5.52 Å². The zero-order chi connectivity index (χ0) is 17.7. The van der Waals surface area contributed by atoms with Crippen LogP contribution in [0.5, 0.6) is 0 Å². The fourth-order valence-corrected chi connectivity index (χ4v) is 4.36. The Balaban J connectivity index is 1.40. The Morgan fingerprint density at radius 3 is 2.69 bits per heavy atom. The number of H-pyrrole nitrogens is 1. The third-order valence-corrected chi connectivity index (χ3v) is 6.08. The highest BCUT2D eigenvalue weighted by Gasteiger charge is 2.43. The van der Waals surface area contributed by atoms with Gasteiger partial charge < -0.3 is 10.4 Å². The van der Waals surface area contributed by atoms with Crippen LogP contribution < -0.4 is 9.72 Å². The molecule has 5 rings (SSSR count). The number of pyridine rings is 1. The predicted octanol–water partition coefficient (Wildman–Crippen LogP) is 1.24. The molecule has 0 aromatic carbocycles. The van der Waals surface area contributed by atoms with Crippen LogP contribution in [-0.4, -0.2) is 46.1 Å². The van der Waals surface area contributed by atoms with Gasteiger partial charge in [0.25, 0.3) is 11.7 Å². The minimum Gasteiger partial charge on any atom is -0.392 e. The van der Waals surface area contributed by atoms with Gasteiger partial charge in [0.1, 0.15) is 6.54 Å². The molecule has 0 spiro atoms. The van der Waals surface area contributed by atoms with Crippen LogP contribution in [0.3, 0.4) is 0 Å². The van der Waals surface area contributed by atoms with Crippen molar-refractivity contribution in [3.8, 4) is 0 Å². The zero-order valence-electron chi connectivity index (χ0n) is 15.0. The van der Waals surface area contributed by atoms with Gasteiger partial charge >= 0.3 is 0 Å². The van der Waals surface area contributed by atoms with Crippen molar-refractivity contribution in [3.63, 3.8) is 0 Å². The van der Waals surface area contributed by atoms with Crippen molar-refractivity contribution in [2.45, 2.75) is 50.8 Å². The highest BCUT2D eigenvalue weighted by molar-refractivity contribution is 5.98. The minimum absolute atomic E-state index is 0.0187. The lowest BCUT2D eigenvalue weighted by Gasteiger charge is -2.16. The van der Waals surface area contributed by atoms with Crippen molar-refractivity contribution in [3.05, 3.63) is 35.9 Å². The molecule has 6 heteroatoms. The standard InChI is InChI=1S/C20H26N4O2/c25-15-8-10-23(11-15)12-17-21-19(16-3-1-2-9-24(16)17)20(26)22-18(13-4-5-13)14-6-7-14/h1-3,9,13-15,18,25H,4-8,10-12H2,(H,22,26)/p+1. The lowest BCUT2D eigenvalue weighted by atomic mass is 10.1. The van der Waals surface area contributed by atoms with Crippen LogP contribution >= 0.6 is 0 Å². The van der Waals surface area contributed by atoms with Crippen molar-refractivity contribution in [2.75, 3.05) is 13.1 Å². The van der Waals surface area contributed by atoms with E-state index in [4.69, 9.17) is 0 Å². The Morgan fingerprint density at radius 2 is 2.04 bits per heavy atom. The number of nitrogens with zero attached hydrogens (tertiary/aromatic N) is 2. The molecule has 138 valence electrons. The first kappa shape index (κ1) is 16.3. The number of rotatable bonds is 6. The van der Waals surface area contributed by atoms with E-state index in [1.54, 1.807) is 0 Å². The molecule has 1 aliphatic heterocycles. The molecule has 2 aliphatic carbocycles. The number of aromatic nitrogens is 2. The summed E-state index contributed by atoms with van der Waals surface area (Å²) in [6, 6.07) is 6.31. The first-order valence-electron chi connectivity index (χ1n) is 9.91. The molecule has 1 saturated heterocycles. The molecule has 1 unspecified atom stereocenters. The largest absolute Gasteiger partial charge is 0.392 e. The van der Waals surface area contributed by atoms with Crippen LogP contribution in [0.15, 0.2) is 24.4 Å². The summed E-state index contributed by atoms with van der Waals surface area (Å²) in [6.45, 7) is 2.30. The van der Waals surface area contributed by atoms with E-state index in [0.29, 0.717) is 36.7 Å². The van der Waals surface area contributed by atoms with Crippen LogP contribution in [0.2, 0.25) is 0 Å². The maximum Gasteiger partial charge on any atom is 0.295 e. The van der Waals surface area contributed by atoms with Crippen LogP contribution in [0.25, 0.3) is 5.52 Å². The van der Waals surface area contributed by atoms with E-state index < -0.39 is 0 Å². The summed E-state index contributed by atoms with van der Waals surface area (Å²) in [5, 5.41) is 13.1. The number of β-amino-alcohol motifs (C(OH)–C–C–N with tert-alkyl or cyclic N) is 1. The number of carbonyl (C=O) groups excluding carboxylic acids is 1. The third-order valence-electron chi connectivity index (χ3n) is 6.08. The molecule has 2 saturated carbocycles. The highest BCUT2D eigenvalue weighted by Crippen LogP contribution is 2.44. The Bertz CT molecular complexity index is 812. The molecular formula is C20H27N4O2+. The average molecular weight is 355 g/mol. The second-order valence-electron chi connectivity index (χ2n) is 8.25. The van der Waals surface area contributed by atoms with E-state index in [-0.39, 0.29) is 12.0 Å². The van der Waals surface area contributed by atoms with Crippen molar-refractivity contribution < 1.29 is 14.3 Å². The minimum atomic E-state index is -0.234. The van der Waals surface area contributed by atoms with Crippen molar-refractivity contribution in [1.82, 2.24) is 15.2 Å². The molecule has 3 fully saturated rings. The van der Waals surface area contributed by atoms with Crippen LogP contribution in [0.1, 0.15) is 48.4 Å². The summed E-state index contributed by atoms with van der Waals surface area (Å²) in [7, 11) is 0. The number of aliphatic hydroxyl groups excluding tert-OH is 1. The van der Waals surface area contributed by atoms with Gasteiger partial charge in [-0.15, -0.1) is 0 Å². The number of amides is 1. The van der Waals surface area contributed by atoms with Gasteiger partial charge in [0.2, 0.25) is 5.69 Å². The Labute approximate surface area is 153 Å². The van der Waals surface area contributed by atoms with Gasteiger partial charge in [0.05, 0.1) is 12.3 Å². The van der Waals surface area contributed by atoms with E-state index in [0.717, 1.165) is 24.3 Å². The number of fused-ring (bicyclic) bond motifs is 1. The van der Waals surface area contributed by atoms with Gasteiger partial charge in [-0.1, -0.05) is 6.07 Å². The van der Waals surface area contributed by atoms with Gasteiger partial charge in [-0.2, -0.15) is 4.40 Å². The first-order chi connectivity index (χ1) is 12.7. The van der Waals surface area contributed by atoms with E-state index >= 15 is 0 Å². The number of hydrogen-bond donors (Lipinski definition) is 3. The van der Waals surface area contributed by atoms with Gasteiger partial charge in [-0.05, 0) is 56.1 Å². The Morgan fingerprint density at radius 1 is 1.27 bits per heavy atom.